The number of ether oxygens (including phenoxy) is 1. The van der Waals surface area contributed by atoms with Gasteiger partial charge in [-0.05, 0) is 18.5 Å². The largest absolute Gasteiger partial charge is 0.372 e. The zero-order valence-electron chi connectivity index (χ0n) is 9.32. The van der Waals surface area contributed by atoms with E-state index in [0.717, 1.165) is 19.6 Å². The average molecular weight is 233 g/mol. The van der Waals surface area contributed by atoms with Gasteiger partial charge in [0.15, 0.2) is 0 Å². The first kappa shape index (κ1) is 10.3. The fourth-order valence-electron chi connectivity index (χ4n) is 2.38. The van der Waals surface area contributed by atoms with E-state index in [1.165, 1.54) is 20.5 Å². The second-order valence-corrected chi connectivity index (χ2v) is 5.24. The van der Waals surface area contributed by atoms with Crippen molar-refractivity contribution >= 4 is 21.4 Å². The number of fused-ring (bicyclic) bond motifs is 3. The number of benzene rings is 1. The summed E-state index contributed by atoms with van der Waals surface area (Å²) in [6, 6.07) is 8.63. The molecule has 2 aromatic rings. The van der Waals surface area contributed by atoms with Crippen LogP contribution in [0.15, 0.2) is 24.3 Å². The molecule has 0 bridgehead atoms. The van der Waals surface area contributed by atoms with Crippen molar-refractivity contribution in [3.8, 4) is 0 Å². The summed E-state index contributed by atoms with van der Waals surface area (Å²) >= 11 is 1.92. The Labute approximate surface area is 99.2 Å². The lowest BCUT2D eigenvalue weighted by molar-refractivity contribution is 0.0462. The van der Waals surface area contributed by atoms with Crippen molar-refractivity contribution < 1.29 is 4.74 Å². The third-order valence-electron chi connectivity index (χ3n) is 3.07. The Balaban J connectivity index is 2.16. The molecule has 0 radical (unpaired) electrons. The maximum absolute atomic E-state index is 5.86. The van der Waals surface area contributed by atoms with Crippen molar-refractivity contribution in [2.24, 2.45) is 0 Å². The Bertz CT molecular complexity index is 506. The van der Waals surface area contributed by atoms with E-state index in [1.54, 1.807) is 0 Å². The van der Waals surface area contributed by atoms with E-state index < -0.39 is 0 Å². The second kappa shape index (κ2) is 4.17. The molecule has 0 aliphatic carbocycles. The van der Waals surface area contributed by atoms with Crippen LogP contribution in [0.1, 0.15) is 16.5 Å². The van der Waals surface area contributed by atoms with Gasteiger partial charge in [-0.2, -0.15) is 0 Å². The molecule has 0 amide bonds. The lowest BCUT2D eigenvalue weighted by atomic mass is 10.0. The van der Waals surface area contributed by atoms with Crippen molar-refractivity contribution in [1.29, 1.82) is 0 Å². The minimum atomic E-state index is 0.227. The third kappa shape index (κ3) is 1.56. The van der Waals surface area contributed by atoms with Crippen LogP contribution in [0.4, 0.5) is 0 Å². The van der Waals surface area contributed by atoms with Gasteiger partial charge in [-0.1, -0.05) is 18.2 Å². The fourth-order valence-corrected chi connectivity index (χ4v) is 3.62. The summed E-state index contributed by atoms with van der Waals surface area (Å²) in [5.41, 5.74) is 1.42. The first-order valence-electron chi connectivity index (χ1n) is 5.66. The molecular weight excluding hydrogens is 218 g/mol. The molecule has 84 valence electrons. The van der Waals surface area contributed by atoms with Gasteiger partial charge in [0, 0.05) is 28.1 Å². The first-order valence-corrected chi connectivity index (χ1v) is 6.48. The van der Waals surface area contributed by atoms with E-state index in [0.29, 0.717) is 0 Å². The molecule has 1 atom stereocenters. The maximum Gasteiger partial charge on any atom is 0.0965 e. The highest BCUT2D eigenvalue weighted by Crippen LogP contribution is 2.39. The molecule has 0 fully saturated rings. The van der Waals surface area contributed by atoms with E-state index in [1.807, 2.05) is 18.4 Å². The molecule has 1 unspecified atom stereocenters. The minimum Gasteiger partial charge on any atom is -0.372 e. The molecule has 0 saturated heterocycles. The second-order valence-electron chi connectivity index (χ2n) is 4.10. The normalized spacial score (nSPS) is 19.9. The number of rotatable bonds is 2. The summed E-state index contributed by atoms with van der Waals surface area (Å²) in [4.78, 5) is 1.51. The molecule has 1 aromatic heterocycles. The van der Waals surface area contributed by atoms with Crippen LogP contribution in [-0.4, -0.2) is 20.2 Å². The van der Waals surface area contributed by atoms with Gasteiger partial charge in [0.2, 0.25) is 0 Å². The highest BCUT2D eigenvalue weighted by Gasteiger charge is 2.24. The summed E-state index contributed by atoms with van der Waals surface area (Å²) in [6.07, 6.45) is 1.29. The van der Waals surface area contributed by atoms with Crippen LogP contribution in [0.2, 0.25) is 0 Å². The highest BCUT2D eigenvalue weighted by atomic mass is 32.1. The van der Waals surface area contributed by atoms with Gasteiger partial charge in [0.25, 0.3) is 0 Å². The van der Waals surface area contributed by atoms with Crippen molar-refractivity contribution in [1.82, 2.24) is 5.32 Å². The zero-order valence-corrected chi connectivity index (χ0v) is 10.1. The van der Waals surface area contributed by atoms with Crippen molar-refractivity contribution in [3.05, 3.63) is 34.7 Å². The molecule has 0 spiro atoms. The summed E-state index contributed by atoms with van der Waals surface area (Å²) in [7, 11) is 1.98. The van der Waals surface area contributed by atoms with Gasteiger partial charge >= 0.3 is 0 Å². The highest BCUT2D eigenvalue weighted by molar-refractivity contribution is 7.19. The third-order valence-corrected chi connectivity index (χ3v) is 4.32. The number of likely N-dealkylation sites (N-methyl/N-ethyl adjacent to an activating group) is 1. The van der Waals surface area contributed by atoms with Crippen molar-refractivity contribution in [3.63, 3.8) is 0 Å². The van der Waals surface area contributed by atoms with Gasteiger partial charge < -0.3 is 10.1 Å². The van der Waals surface area contributed by atoms with Gasteiger partial charge in [0.1, 0.15) is 0 Å². The molecule has 16 heavy (non-hydrogen) atoms. The summed E-state index contributed by atoms with van der Waals surface area (Å²) < 4.78 is 7.24. The SMILES string of the molecule is CNCC1OCCc2sc3ccccc3c21. The van der Waals surface area contributed by atoms with Crippen LogP contribution in [0.5, 0.6) is 0 Å². The maximum atomic E-state index is 5.86. The Morgan fingerprint density at radius 3 is 3.19 bits per heavy atom. The summed E-state index contributed by atoms with van der Waals surface area (Å²) in [5.74, 6) is 0. The average Bonchev–Trinajstić information content (AvgIpc) is 2.68. The molecule has 1 aliphatic rings. The van der Waals surface area contributed by atoms with E-state index in [-0.39, 0.29) is 6.10 Å². The molecule has 1 aromatic carbocycles. The van der Waals surface area contributed by atoms with E-state index in [9.17, 15) is 0 Å². The van der Waals surface area contributed by atoms with Crippen molar-refractivity contribution in [2.45, 2.75) is 12.5 Å². The summed E-state index contributed by atoms with van der Waals surface area (Å²) in [6.45, 7) is 1.75. The van der Waals surface area contributed by atoms with E-state index >= 15 is 0 Å². The van der Waals surface area contributed by atoms with Gasteiger partial charge in [-0.25, -0.2) is 0 Å². The van der Waals surface area contributed by atoms with Crippen LogP contribution in [0, 0.1) is 0 Å². The Hall–Kier alpha value is -0.900. The number of hydrogen-bond acceptors (Lipinski definition) is 3. The molecule has 1 aliphatic heterocycles. The molecule has 1 N–H and O–H groups in total. The lowest BCUT2D eigenvalue weighted by Gasteiger charge is -2.23. The fraction of sp³-hybridized carbons (Fsp3) is 0.385. The minimum absolute atomic E-state index is 0.227. The molecule has 2 heterocycles. The number of hydrogen-bond donors (Lipinski definition) is 1. The van der Waals surface area contributed by atoms with Gasteiger partial charge in [-0.15, -0.1) is 11.3 Å². The predicted octanol–water partition coefficient (Wildman–Crippen LogP) is 2.73. The van der Waals surface area contributed by atoms with Crippen LogP contribution >= 0.6 is 11.3 Å². The zero-order chi connectivity index (χ0) is 11.0. The number of nitrogens with one attached hydrogen (secondary N) is 1. The van der Waals surface area contributed by atoms with Crippen molar-refractivity contribution in [2.75, 3.05) is 20.2 Å². The molecule has 3 rings (SSSR count). The molecule has 2 nitrogen and oxygen atoms in total. The van der Waals surface area contributed by atoms with Crippen LogP contribution in [0.3, 0.4) is 0 Å². The quantitative estimate of drug-likeness (QED) is 0.861. The smallest absolute Gasteiger partial charge is 0.0965 e. The molecular formula is C13H15NOS. The van der Waals surface area contributed by atoms with E-state index in [2.05, 4.69) is 29.6 Å². The van der Waals surface area contributed by atoms with Gasteiger partial charge in [-0.3, -0.25) is 0 Å². The van der Waals surface area contributed by atoms with Crippen LogP contribution in [-0.2, 0) is 11.2 Å². The number of thiophene rings is 1. The Kier molecular flexibility index (Phi) is 2.67. The summed E-state index contributed by atoms with van der Waals surface area (Å²) in [5, 5.41) is 4.59. The Morgan fingerprint density at radius 1 is 1.44 bits per heavy atom. The first-order chi connectivity index (χ1) is 7.90. The Morgan fingerprint density at radius 2 is 2.31 bits per heavy atom. The standard InChI is InChI=1S/C13H15NOS/c1-14-8-10-13-9-4-2-3-5-11(9)16-12(13)6-7-15-10/h2-5,10,14H,6-8H2,1H3. The molecule has 3 heteroatoms. The monoisotopic (exact) mass is 233 g/mol. The lowest BCUT2D eigenvalue weighted by Crippen LogP contribution is -2.24. The van der Waals surface area contributed by atoms with Crippen LogP contribution in [0.25, 0.3) is 10.1 Å². The topological polar surface area (TPSA) is 21.3 Å². The predicted molar refractivity (Wildman–Crippen MR) is 68.1 cm³/mol. The van der Waals surface area contributed by atoms with Gasteiger partial charge in [0.05, 0.1) is 12.7 Å². The molecule has 0 saturated carbocycles. The van der Waals surface area contributed by atoms with Crippen LogP contribution < -0.4 is 5.32 Å². The van der Waals surface area contributed by atoms with E-state index in [4.69, 9.17) is 4.74 Å².